The first kappa shape index (κ1) is 14.9. The lowest BCUT2D eigenvalue weighted by molar-refractivity contribution is 0.203. The molecule has 0 aliphatic carbocycles. The molecule has 1 N–H and O–H groups in total. The quantitative estimate of drug-likeness (QED) is 0.830. The largest absolute Gasteiger partial charge is 0.497 e. The SMILES string of the molecule is COc1cccc([C@@H](O)CSc2nncn2C(C)C)c1. The molecule has 1 heterocycles. The average Bonchev–Trinajstić information content (AvgIpc) is 2.93. The predicted octanol–water partition coefficient (Wildman–Crippen LogP) is 2.69. The number of aliphatic hydroxyl groups is 1. The number of methoxy groups -OCH3 is 1. The number of aliphatic hydroxyl groups excluding tert-OH is 1. The Labute approximate surface area is 123 Å². The number of thioether (sulfide) groups is 1. The second kappa shape index (κ2) is 6.76. The highest BCUT2D eigenvalue weighted by molar-refractivity contribution is 7.99. The van der Waals surface area contributed by atoms with E-state index < -0.39 is 6.10 Å². The van der Waals surface area contributed by atoms with Crippen LogP contribution in [0, 0.1) is 0 Å². The zero-order valence-electron chi connectivity index (χ0n) is 11.9. The zero-order valence-corrected chi connectivity index (χ0v) is 12.7. The van der Waals surface area contributed by atoms with Crippen molar-refractivity contribution in [1.29, 1.82) is 0 Å². The summed E-state index contributed by atoms with van der Waals surface area (Å²) in [5.74, 6) is 1.27. The summed E-state index contributed by atoms with van der Waals surface area (Å²) < 4.78 is 7.15. The van der Waals surface area contributed by atoms with Crippen molar-refractivity contribution in [2.45, 2.75) is 31.1 Å². The van der Waals surface area contributed by atoms with Gasteiger partial charge in [0.15, 0.2) is 5.16 Å². The molecular formula is C14H19N3O2S. The van der Waals surface area contributed by atoms with Gasteiger partial charge in [0, 0.05) is 11.8 Å². The van der Waals surface area contributed by atoms with Crippen LogP contribution in [0.5, 0.6) is 5.75 Å². The molecule has 0 saturated carbocycles. The van der Waals surface area contributed by atoms with Gasteiger partial charge in [-0.05, 0) is 31.5 Å². The fourth-order valence-electron chi connectivity index (χ4n) is 1.79. The lowest BCUT2D eigenvalue weighted by Crippen LogP contribution is -2.05. The van der Waals surface area contributed by atoms with Crippen LogP contribution >= 0.6 is 11.8 Å². The molecule has 0 amide bonds. The van der Waals surface area contributed by atoms with Crippen LogP contribution in [-0.2, 0) is 0 Å². The van der Waals surface area contributed by atoms with Crippen molar-refractivity contribution in [2.75, 3.05) is 12.9 Å². The first-order valence-corrected chi connectivity index (χ1v) is 7.44. The van der Waals surface area contributed by atoms with Gasteiger partial charge in [-0.2, -0.15) is 0 Å². The predicted molar refractivity (Wildman–Crippen MR) is 79.1 cm³/mol. The third kappa shape index (κ3) is 3.52. The number of rotatable bonds is 6. The van der Waals surface area contributed by atoms with Crippen molar-refractivity contribution in [3.8, 4) is 5.75 Å². The van der Waals surface area contributed by atoms with E-state index in [1.807, 2.05) is 28.8 Å². The minimum absolute atomic E-state index is 0.307. The maximum Gasteiger partial charge on any atom is 0.191 e. The third-order valence-corrected chi connectivity index (χ3v) is 3.98. The van der Waals surface area contributed by atoms with Gasteiger partial charge in [-0.25, -0.2) is 0 Å². The number of ether oxygens (including phenoxy) is 1. The van der Waals surface area contributed by atoms with E-state index in [1.165, 1.54) is 11.8 Å². The van der Waals surface area contributed by atoms with Crippen molar-refractivity contribution >= 4 is 11.8 Å². The Hall–Kier alpha value is -1.53. The summed E-state index contributed by atoms with van der Waals surface area (Å²) in [6, 6.07) is 7.78. The highest BCUT2D eigenvalue weighted by Crippen LogP contribution is 2.26. The van der Waals surface area contributed by atoms with E-state index >= 15 is 0 Å². The standard InChI is InChI=1S/C14H19N3O2S/c1-10(2)17-9-15-16-14(17)20-8-13(18)11-5-4-6-12(7-11)19-3/h4-7,9-10,13,18H,8H2,1-3H3/t13-/m0/s1. The Morgan fingerprint density at radius 2 is 2.20 bits per heavy atom. The van der Waals surface area contributed by atoms with Gasteiger partial charge >= 0.3 is 0 Å². The van der Waals surface area contributed by atoms with Crippen LogP contribution in [-0.4, -0.2) is 32.7 Å². The molecule has 0 aliphatic rings. The molecule has 0 bridgehead atoms. The highest BCUT2D eigenvalue weighted by atomic mass is 32.2. The van der Waals surface area contributed by atoms with E-state index in [-0.39, 0.29) is 0 Å². The van der Waals surface area contributed by atoms with Gasteiger partial charge < -0.3 is 14.4 Å². The summed E-state index contributed by atoms with van der Waals surface area (Å²) in [6.07, 6.45) is 1.15. The van der Waals surface area contributed by atoms with Crippen molar-refractivity contribution in [3.63, 3.8) is 0 Å². The minimum Gasteiger partial charge on any atom is -0.497 e. The first-order chi connectivity index (χ1) is 9.61. The Kier molecular flexibility index (Phi) is 5.03. The van der Waals surface area contributed by atoms with E-state index in [9.17, 15) is 5.11 Å². The molecule has 20 heavy (non-hydrogen) atoms. The van der Waals surface area contributed by atoms with Crippen LogP contribution < -0.4 is 4.74 Å². The number of hydrogen-bond donors (Lipinski definition) is 1. The monoisotopic (exact) mass is 293 g/mol. The van der Waals surface area contributed by atoms with Crippen molar-refractivity contribution in [3.05, 3.63) is 36.2 Å². The molecule has 108 valence electrons. The van der Waals surface area contributed by atoms with Gasteiger partial charge in [0.05, 0.1) is 13.2 Å². The maximum atomic E-state index is 10.2. The van der Waals surface area contributed by atoms with E-state index in [2.05, 4.69) is 24.0 Å². The molecule has 2 aromatic rings. The summed E-state index contributed by atoms with van der Waals surface area (Å²) in [6.45, 7) is 4.15. The van der Waals surface area contributed by atoms with Gasteiger partial charge in [0.1, 0.15) is 12.1 Å². The van der Waals surface area contributed by atoms with Crippen LogP contribution in [0.4, 0.5) is 0 Å². The van der Waals surface area contributed by atoms with Crippen molar-refractivity contribution in [1.82, 2.24) is 14.8 Å². The number of hydrogen-bond acceptors (Lipinski definition) is 5. The van der Waals surface area contributed by atoms with Gasteiger partial charge in [-0.1, -0.05) is 23.9 Å². The molecule has 0 fully saturated rings. The van der Waals surface area contributed by atoms with Crippen molar-refractivity contribution < 1.29 is 9.84 Å². The molecular weight excluding hydrogens is 274 g/mol. The number of nitrogens with zero attached hydrogens (tertiary/aromatic N) is 3. The highest BCUT2D eigenvalue weighted by Gasteiger charge is 2.13. The molecule has 0 spiro atoms. The second-order valence-electron chi connectivity index (χ2n) is 4.72. The van der Waals surface area contributed by atoms with Crippen LogP contribution in [0.3, 0.4) is 0 Å². The lowest BCUT2D eigenvalue weighted by Gasteiger charge is -2.13. The van der Waals surface area contributed by atoms with E-state index in [4.69, 9.17) is 4.74 Å². The van der Waals surface area contributed by atoms with Gasteiger partial charge in [0.25, 0.3) is 0 Å². The fourth-order valence-corrected chi connectivity index (χ4v) is 2.80. The molecule has 0 radical (unpaired) electrons. The summed E-state index contributed by atoms with van der Waals surface area (Å²) in [5.41, 5.74) is 0.840. The molecule has 0 saturated heterocycles. The van der Waals surface area contributed by atoms with E-state index in [1.54, 1.807) is 13.4 Å². The molecule has 0 aliphatic heterocycles. The van der Waals surface area contributed by atoms with Gasteiger partial charge in [-0.15, -0.1) is 10.2 Å². The normalized spacial score (nSPS) is 12.7. The van der Waals surface area contributed by atoms with Gasteiger partial charge in [-0.3, -0.25) is 0 Å². The fraction of sp³-hybridized carbons (Fsp3) is 0.429. The second-order valence-corrected chi connectivity index (χ2v) is 5.71. The van der Waals surface area contributed by atoms with E-state index in [0.717, 1.165) is 16.5 Å². The number of benzene rings is 1. The molecule has 5 nitrogen and oxygen atoms in total. The van der Waals surface area contributed by atoms with E-state index in [0.29, 0.717) is 11.8 Å². The number of aromatic nitrogens is 3. The van der Waals surface area contributed by atoms with Crippen LogP contribution in [0.1, 0.15) is 31.6 Å². The smallest absolute Gasteiger partial charge is 0.191 e. The molecule has 6 heteroatoms. The molecule has 2 rings (SSSR count). The summed E-state index contributed by atoms with van der Waals surface area (Å²) in [5, 5.41) is 19.0. The van der Waals surface area contributed by atoms with Crippen LogP contribution in [0.15, 0.2) is 35.7 Å². The first-order valence-electron chi connectivity index (χ1n) is 6.46. The Balaban J connectivity index is 2.01. The summed E-state index contributed by atoms with van der Waals surface area (Å²) in [4.78, 5) is 0. The minimum atomic E-state index is -0.563. The Morgan fingerprint density at radius 3 is 2.90 bits per heavy atom. The summed E-state index contributed by atoms with van der Waals surface area (Å²) >= 11 is 1.50. The average molecular weight is 293 g/mol. The third-order valence-electron chi connectivity index (χ3n) is 2.95. The van der Waals surface area contributed by atoms with Crippen LogP contribution in [0.2, 0.25) is 0 Å². The molecule has 1 aromatic carbocycles. The Morgan fingerprint density at radius 1 is 1.40 bits per heavy atom. The van der Waals surface area contributed by atoms with Crippen molar-refractivity contribution in [2.24, 2.45) is 0 Å². The molecule has 1 aromatic heterocycles. The summed E-state index contributed by atoms with van der Waals surface area (Å²) in [7, 11) is 1.62. The van der Waals surface area contributed by atoms with Gasteiger partial charge in [0.2, 0.25) is 0 Å². The maximum absolute atomic E-state index is 10.2. The molecule has 0 unspecified atom stereocenters. The Bertz CT molecular complexity index is 557. The topological polar surface area (TPSA) is 60.2 Å². The molecule has 1 atom stereocenters. The van der Waals surface area contributed by atoms with Crippen LogP contribution in [0.25, 0.3) is 0 Å². The lowest BCUT2D eigenvalue weighted by atomic mass is 10.1. The zero-order chi connectivity index (χ0) is 14.5.